The van der Waals surface area contributed by atoms with Gasteiger partial charge < -0.3 is 15.1 Å². The summed E-state index contributed by atoms with van der Waals surface area (Å²) in [5, 5.41) is 3.34. The van der Waals surface area contributed by atoms with Crippen LogP contribution in [0.1, 0.15) is 42.1 Å². The van der Waals surface area contributed by atoms with Gasteiger partial charge in [0.15, 0.2) is 0 Å². The number of halogens is 1. The molecular weight excluding hydrogens is 374 g/mol. The van der Waals surface area contributed by atoms with E-state index in [-0.39, 0.29) is 11.8 Å². The van der Waals surface area contributed by atoms with Crippen molar-refractivity contribution in [3.8, 4) is 0 Å². The van der Waals surface area contributed by atoms with Gasteiger partial charge in [-0.05, 0) is 48.7 Å². The van der Waals surface area contributed by atoms with Crippen molar-refractivity contribution in [3.05, 3.63) is 58.6 Å². The molecule has 148 valence electrons. The van der Waals surface area contributed by atoms with Crippen LogP contribution in [0.5, 0.6) is 0 Å². The molecule has 1 fully saturated rings. The molecule has 1 aliphatic carbocycles. The second-order valence-corrected chi connectivity index (χ2v) is 7.69. The Bertz CT molecular complexity index is 878. The number of carbonyl (C=O) groups is 2. The fourth-order valence-corrected chi connectivity index (χ4v) is 3.49. The van der Waals surface area contributed by atoms with Gasteiger partial charge in [0.2, 0.25) is 5.91 Å². The summed E-state index contributed by atoms with van der Waals surface area (Å²) in [4.78, 5) is 29.0. The summed E-state index contributed by atoms with van der Waals surface area (Å²) >= 11 is 6.13. The number of anilines is 2. The van der Waals surface area contributed by atoms with Gasteiger partial charge in [0, 0.05) is 44.5 Å². The fourth-order valence-electron chi connectivity index (χ4n) is 3.26. The predicted molar refractivity (Wildman–Crippen MR) is 114 cm³/mol. The maximum atomic E-state index is 12.6. The van der Waals surface area contributed by atoms with Crippen molar-refractivity contribution < 1.29 is 9.59 Å². The van der Waals surface area contributed by atoms with Gasteiger partial charge >= 0.3 is 0 Å². The van der Waals surface area contributed by atoms with Crippen molar-refractivity contribution in [3.63, 3.8) is 0 Å². The number of rotatable bonds is 7. The molecule has 5 nitrogen and oxygen atoms in total. The van der Waals surface area contributed by atoms with Gasteiger partial charge in [-0.2, -0.15) is 0 Å². The number of benzene rings is 2. The van der Waals surface area contributed by atoms with Crippen molar-refractivity contribution >= 4 is 34.8 Å². The van der Waals surface area contributed by atoms with Crippen LogP contribution in [0, 0.1) is 0 Å². The summed E-state index contributed by atoms with van der Waals surface area (Å²) in [7, 11) is 3.95. The molecule has 0 aromatic heterocycles. The topological polar surface area (TPSA) is 52.7 Å². The maximum Gasteiger partial charge on any atom is 0.257 e. The second-order valence-electron chi connectivity index (χ2n) is 7.28. The third-order valence-electron chi connectivity index (χ3n) is 4.89. The molecule has 28 heavy (non-hydrogen) atoms. The van der Waals surface area contributed by atoms with Gasteiger partial charge in [0.25, 0.3) is 5.91 Å². The summed E-state index contributed by atoms with van der Waals surface area (Å²) in [5.41, 5.74) is 3.16. The molecule has 0 unspecified atom stereocenters. The lowest BCUT2D eigenvalue weighted by Crippen LogP contribution is -2.32. The molecule has 0 aliphatic heterocycles. The first kappa shape index (κ1) is 20.2. The highest BCUT2D eigenvalue weighted by Crippen LogP contribution is 2.32. The van der Waals surface area contributed by atoms with E-state index in [2.05, 4.69) is 5.32 Å². The van der Waals surface area contributed by atoms with Gasteiger partial charge in [-0.25, -0.2) is 0 Å². The van der Waals surface area contributed by atoms with Crippen LogP contribution in [0.4, 0.5) is 11.4 Å². The number of hydrogen-bond donors (Lipinski definition) is 1. The molecule has 3 rings (SSSR count). The Morgan fingerprint density at radius 3 is 2.46 bits per heavy atom. The van der Waals surface area contributed by atoms with Crippen LogP contribution < -0.4 is 10.2 Å². The molecule has 0 bridgehead atoms. The van der Waals surface area contributed by atoms with Gasteiger partial charge in [-0.1, -0.05) is 30.7 Å². The first-order valence-corrected chi connectivity index (χ1v) is 9.94. The molecule has 0 atom stereocenters. The quantitative estimate of drug-likeness (QED) is 0.742. The standard InChI is InChI=1S/C22H26ClN3O2/c1-4-21(27)26(17-10-11-17)14-15-13-16(9-12-20(15)25(2)3)24-22(28)18-7-5-6-8-19(18)23/h5-9,12-13,17H,4,10-11,14H2,1-3H3,(H,24,28). The normalized spacial score (nSPS) is 13.1. The van der Waals surface area contributed by atoms with Crippen LogP contribution in [-0.2, 0) is 11.3 Å². The number of carbonyl (C=O) groups excluding carboxylic acids is 2. The summed E-state index contributed by atoms with van der Waals surface area (Å²) in [6.45, 7) is 2.44. The fraction of sp³-hybridized carbons (Fsp3) is 0.364. The Kier molecular flexibility index (Phi) is 6.25. The monoisotopic (exact) mass is 399 g/mol. The lowest BCUT2D eigenvalue weighted by molar-refractivity contribution is -0.132. The van der Waals surface area contributed by atoms with Crippen LogP contribution in [0.15, 0.2) is 42.5 Å². The molecule has 0 heterocycles. The van der Waals surface area contributed by atoms with Gasteiger partial charge in [-0.15, -0.1) is 0 Å². The molecular formula is C22H26ClN3O2. The van der Waals surface area contributed by atoms with Crippen molar-refractivity contribution in [2.24, 2.45) is 0 Å². The van der Waals surface area contributed by atoms with Crippen molar-refractivity contribution in [2.45, 2.75) is 38.8 Å². The molecule has 2 amide bonds. The van der Waals surface area contributed by atoms with Gasteiger partial charge in [0.05, 0.1) is 10.6 Å². The minimum absolute atomic E-state index is 0.165. The lowest BCUT2D eigenvalue weighted by Gasteiger charge is -2.26. The van der Waals surface area contributed by atoms with Crippen LogP contribution in [-0.4, -0.2) is 36.9 Å². The summed E-state index contributed by atoms with van der Waals surface area (Å²) < 4.78 is 0. The Labute approximate surface area is 171 Å². The smallest absolute Gasteiger partial charge is 0.257 e. The summed E-state index contributed by atoms with van der Waals surface area (Å²) in [6, 6.07) is 13.1. The molecule has 1 saturated carbocycles. The predicted octanol–water partition coefficient (Wildman–Crippen LogP) is 4.56. The minimum Gasteiger partial charge on any atom is -0.377 e. The lowest BCUT2D eigenvalue weighted by atomic mass is 10.1. The minimum atomic E-state index is -0.252. The summed E-state index contributed by atoms with van der Waals surface area (Å²) in [6.07, 6.45) is 2.62. The van der Waals surface area contributed by atoms with Crippen molar-refractivity contribution in [1.82, 2.24) is 4.90 Å². The zero-order valence-corrected chi connectivity index (χ0v) is 17.3. The Balaban J connectivity index is 1.86. The molecule has 0 radical (unpaired) electrons. The van der Waals surface area contributed by atoms with Gasteiger partial charge in [0.1, 0.15) is 0 Å². The Morgan fingerprint density at radius 1 is 1.14 bits per heavy atom. The second kappa shape index (κ2) is 8.65. The van der Waals surface area contributed by atoms with Crippen LogP contribution in [0.25, 0.3) is 0 Å². The number of amides is 2. The van der Waals surface area contributed by atoms with E-state index in [9.17, 15) is 9.59 Å². The molecule has 0 saturated heterocycles. The summed E-state index contributed by atoms with van der Waals surface area (Å²) in [5.74, 6) is -0.0875. The van der Waals surface area contributed by atoms with E-state index in [1.54, 1.807) is 24.3 Å². The zero-order chi connectivity index (χ0) is 20.3. The largest absolute Gasteiger partial charge is 0.377 e. The number of nitrogens with zero attached hydrogens (tertiary/aromatic N) is 2. The first-order chi connectivity index (χ1) is 13.4. The van der Waals surface area contributed by atoms with Gasteiger partial charge in [-0.3, -0.25) is 9.59 Å². The first-order valence-electron chi connectivity index (χ1n) is 9.56. The third kappa shape index (κ3) is 4.65. The Morgan fingerprint density at radius 2 is 1.86 bits per heavy atom. The molecule has 2 aromatic carbocycles. The van der Waals surface area contributed by atoms with Crippen molar-refractivity contribution in [1.29, 1.82) is 0 Å². The van der Waals surface area contributed by atoms with E-state index < -0.39 is 0 Å². The number of hydrogen-bond acceptors (Lipinski definition) is 3. The van der Waals surface area contributed by atoms with Crippen LogP contribution in [0.2, 0.25) is 5.02 Å². The van der Waals surface area contributed by atoms with Crippen molar-refractivity contribution in [2.75, 3.05) is 24.3 Å². The van der Waals surface area contributed by atoms with E-state index in [0.717, 1.165) is 24.1 Å². The highest BCUT2D eigenvalue weighted by molar-refractivity contribution is 6.34. The zero-order valence-electron chi connectivity index (χ0n) is 16.5. The third-order valence-corrected chi connectivity index (χ3v) is 5.22. The van der Waals surface area contributed by atoms with E-state index in [1.165, 1.54) is 0 Å². The van der Waals surface area contributed by atoms with E-state index >= 15 is 0 Å². The van der Waals surface area contributed by atoms with E-state index in [4.69, 9.17) is 11.6 Å². The van der Waals surface area contributed by atoms with Crippen LogP contribution in [0.3, 0.4) is 0 Å². The molecule has 1 aliphatic rings. The SMILES string of the molecule is CCC(=O)N(Cc1cc(NC(=O)c2ccccc2Cl)ccc1N(C)C)C1CC1. The molecule has 2 aromatic rings. The maximum absolute atomic E-state index is 12.6. The average Bonchev–Trinajstić information content (AvgIpc) is 3.50. The Hall–Kier alpha value is -2.53. The molecule has 6 heteroatoms. The van der Waals surface area contributed by atoms with Crippen LogP contribution >= 0.6 is 11.6 Å². The highest BCUT2D eigenvalue weighted by atomic mass is 35.5. The molecule has 1 N–H and O–H groups in total. The highest BCUT2D eigenvalue weighted by Gasteiger charge is 2.32. The van der Waals surface area contributed by atoms with E-state index in [1.807, 2.05) is 49.0 Å². The average molecular weight is 400 g/mol. The molecule has 0 spiro atoms. The number of nitrogens with one attached hydrogen (secondary N) is 1. The van der Waals surface area contributed by atoms with E-state index in [0.29, 0.717) is 35.3 Å².